The van der Waals surface area contributed by atoms with Crippen LogP contribution < -0.4 is 15.5 Å². The predicted octanol–water partition coefficient (Wildman–Crippen LogP) is 1.81. The van der Waals surface area contributed by atoms with Gasteiger partial charge in [0, 0.05) is 24.7 Å². The van der Waals surface area contributed by atoms with Gasteiger partial charge in [-0.15, -0.1) is 0 Å². The molecule has 20 heavy (non-hydrogen) atoms. The Hall–Kier alpha value is -2.04. The van der Waals surface area contributed by atoms with Crippen molar-refractivity contribution in [3.63, 3.8) is 0 Å². The van der Waals surface area contributed by atoms with Gasteiger partial charge in [0.2, 0.25) is 5.91 Å². The molecule has 0 radical (unpaired) electrons. The summed E-state index contributed by atoms with van der Waals surface area (Å²) in [4.78, 5) is 25.4. The lowest BCUT2D eigenvalue weighted by molar-refractivity contribution is -0.117. The maximum atomic E-state index is 12.0. The van der Waals surface area contributed by atoms with E-state index in [1.165, 1.54) is 0 Å². The summed E-state index contributed by atoms with van der Waals surface area (Å²) in [6.45, 7) is 6.33. The summed E-state index contributed by atoms with van der Waals surface area (Å²) in [5.41, 5.74) is 2.04. The Balaban J connectivity index is 1.97. The summed E-state index contributed by atoms with van der Waals surface area (Å²) < 4.78 is 0. The van der Waals surface area contributed by atoms with E-state index in [1.54, 1.807) is 4.90 Å². The molecule has 1 saturated heterocycles. The van der Waals surface area contributed by atoms with Crippen molar-refractivity contribution in [1.29, 1.82) is 0 Å². The number of anilines is 1. The van der Waals surface area contributed by atoms with Crippen LogP contribution in [0.5, 0.6) is 0 Å². The highest BCUT2D eigenvalue weighted by molar-refractivity contribution is 5.96. The molecule has 5 heteroatoms. The van der Waals surface area contributed by atoms with Crippen LogP contribution in [0.4, 0.5) is 10.5 Å². The average Bonchev–Trinajstić information content (AvgIpc) is 2.70. The van der Waals surface area contributed by atoms with E-state index in [9.17, 15) is 9.59 Å². The third-order valence-electron chi connectivity index (χ3n) is 3.23. The first-order chi connectivity index (χ1) is 9.45. The van der Waals surface area contributed by atoms with Crippen molar-refractivity contribution >= 4 is 17.6 Å². The second-order valence-corrected chi connectivity index (χ2v) is 5.51. The number of aryl methyl sites for hydroxylation is 1. The van der Waals surface area contributed by atoms with Crippen molar-refractivity contribution in [2.24, 2.45) is 0 Å². The molecule has 5 nitrogen and oxygen atoms in total. The van der Waals surface area contributed by atoms with Gasteiger partial charge in [0.25, 0.3) is 0 Å². The molecule has 1 aliphatic rings. The molecule has 1 fully saturated rings. The van der Waals surface area contributed by atoms with Crippen LogP contribution in [0, 0.1) is 6.92 Å². The van der Waals surface area contributed by atoms with E-state index < -0.39 is 0 Å². The van der Waals surface area contributed by atoms with Crippen LogP contribution in [0.1, 0.15) is 25.8 Å². The molecule has 108 valence electrons. The molecule has 1 atom stereocenters. The molecule has 1 heterocycles. The Bertz CT molecular complexity index is 496. The van der Waals surface area contributed by atoms with Gasteiger partial charge in [-0.1, -0.05) is 17.7 Å². The van der Waals surface area contributed by atoms with Gasteiger partial charge in [0.1, 0.15) is 0 Å². The van der Waals surface area contributed by atoms with Crippen molar-refractivity contribution in [3.05, 3.63) is 29.8 Å². The van der Waals surface area contributed by atoms with Gasteiger partial charge >= 0.3 is 6.03 Å². The number of benzene rings is 1. The van der Waals surface area contributed by atoms with E-state index in [4.69, 9.17) is 0 Å². The van der Waals surface area contributed by atoms with E-state index in [-0.39, 0.29) is 24.0 Å². The summed E-state index contributed by atoms with van der Waals surface area (Å²) >= 11 is 0. The molecule has 3 amide bonds. The Labute approximate surface area is 119 Å². The van der Waals surface area contributed by atoms with Crippen LogP contribution in [-0.4, -0.2) is 30.6 Å². The van der Waals surface area contributed by atoms with Gasteiger partial charge < -0.3 is 15.5 Å². The fourth-order valence-electron chi connectivity index (χ4n) is 2.27. The van der Waals surface area contributed by atoms with E-state index in [0.717, 1.165) is 11.3 Å². The van der Waals surface area contributed by atoms with Crippen LogP contribution in [0.15, 0.2) is 24.3 Å². The Morgan fingerprint density at radius 3 is 2.55 bits per heavy atom. The first-order valence-electron chi connectivity index (χ1n) is 6.90. The normalized spacial score (nSPS) is 18.5. The molecule has 0 bridgehead atoms. The number of urea groups is 1. The molecule has 0 aliphatic carbocycles. The van der Waals surface area contributed by atoms with Gasteiger partial charge in [-0.25, -0.2) is 4.79 Å². The SMILES string of the molecule is Cc1ccc(N2C[C@@H](NC(=O)NC(C)C)CC2=O)cc1. The van der Waals surface area contributed by atoms with Crippen LogP contribution in [0.25, 0.3) is 0 Å². The Morgan fingerprint density at radius 2 is 1.95 bits per heavy atom. The van der Waals surface area contributed by atoms with E-state index in [2.05, 4.69) is 10.6 Å². The zero-order valence-electron chi connectivity index (χ0n) is 12.1. The van der Waals surface area contributed by atoms with Crippen LogP contribution in [0.2, 0.25) is 0 Å². The molecule has 1 aromatic rings. The standard InChI is InChI=1S/C15H21N3O2/c1-10(2)16-15(20)17-12-8-14(19)18(9-12)13-6-4-11(3)5-7-13/h4-7,10,12H,8-9H2,1-3H3,(H2,16,17,20)/t12-/m0/s1. The zero-order chi connectivity index (χ0) is 14.7. The molecule has 2 N–H and O–H groups in total. The number of nitrogens with zero attached hydrogens (tertiary/aromatic N) is 1. The fourth-order valence-corrected chi connectivity index (χ4v) is 2.27. The third kappa shape index (κ3) is 3.50. The lowest BCUT2D eigenvalue weighted by Crippen LogP contribution is -2.45. The number of carbonyl (C=O) groups is 2. The topological polar surface area (TPSA) is 61.4 Å². The minimum Gasteiger partial charge on any atom is -0.336 e. The molecule has 0 saturated carbocycles. The van der Waals surface area contributed by atoms with Crippen molar-refractivity contribution in [1.82, 2.24) is 10.6 Å². The van der Waals surface area contributed by atoms with E-state index in [1.807, 2.05) is 45.0 Å². The van der Waals surface area contributed by atoms with Crippen LogP contribution in [0.3, 0.4) is 0 Å². The van der Waals surface area contributed by atoms with Crippen LogP contribution in [-0.2, 0) is 4.79 Å². The first kappa shape index (κ1) is 14.4. The molecular weight excluding hydrogens is 254 g/mol. The zero-order valence-corrected chi connectivity index (χ0v) is 12.1. The first-order valence-corrected chi connectivity index (χ1v) is 6.90. The second-order valence-electron chi connectivity index (χ2n) is 5.51. The highest BCUT2D eigenvalue weighted by Gasteiger charge is 2.31. The van der Waals surface area contributed by atoms with Gasteiger partial charge in [0.05, 0.1) is 6.04 Å². The summed E-state index contributed by atoms with van der Waals surface area (Å²) in [5.74, 6) is 0.0451. The van der Waals surface area contributed by atoms with Gasteiger partial charge in [-0.05, 0) is 32.9 Å². The predicted molar refractivity (Wildman–Crippen MR) is 78.7 cm³/mol. The average molecular weight is 275 g/mol. The minimum absolute atomic E-state index is 0.0451. The maximum absolute atomic E-state index is 12.0. The molecular formula is C15H21N3O2. The largest absolute Gasteiger partial charge is 0.336 e. The molecule has 0 unspecified atom stereocenters. The third-order valence-corrected chi connectivity index (χ3v) is 3.23. The van der Waals surface area contributed by atoms with E-state index >= 15 is 0 Å². The fraction of sp³-hybridized carbons (Fsp3) is 0.467. The number of hydrogen-bond acceptors (Lipinski definition) is 2. The summed E-state index contributed by atoms with van der Waals surface area (Å²) in [5, 5.41) is 5.61. The van der Waals surface area contributed by atoms with E-state index in [0.29, 0.717) is 13.0 Å². The van der Waals surface area contributed by atoms with Crippen LogP contribution >= 0.6 is 0 Å². The Morgan fingerprint density at radius 1 is 1.30 bits per heavy atom. The number of hydrogen-bond donors (Lipinski definition) is 2. The molecule has 0 aromatic heterocycles. The van der Waals surface area contributed by atoms with Crippen molar-refractivity contribution in [2.45, 2.75) is 39.3 Å². The number of nitrogens with one attached hydrogen (secondary N) is 2. The minimum atomic E-state index is -0.219. The lowest BCUT2D eigenvalue weighted by atomic mass is 10.2. The van der Waals surface area contributed by atoms with Gasteiger partial charge in [-0.2, -0.15) is 0 Å². The van der Waals surface area contributed by atoms with Gasteiger partial charge in [0.15, 0.2) is 0 Å². The second kappa shape index (κ2) is 5.94. The monoisotopic (exact) mass is 275 g/mol. The summed E-state index contributed by atoms with van der Waals surface area (Å²) in [6.07, 6.45) is 0.347. The molecule has 2 rings (SSSR count). The molecule has 1 aliphatic heterocycles. The smallest absolute Gasteiger partial charge is 0.315 e. The Kier molecular flexibility index (Phi) is 4.27. The quantitative estimate of drug-likeness (QED) is 0.883. The number of amides is 3. The summed E-state index contributed by atoms with van der Waals surface area (Å²) in [6, 6.07) is 7.56. The maximum Gasteiger partial charge on any atom is 0.315 e. The van der Waals surface area contributed by atoms with Crippen molar-refractivity contribution < 1.29 is 9.59 Å². The highest BCUT2D eigenvalue weighted by Crippen LogP contribution is 2.21. The molecule has 1 aromatic carbocycles. The van der Waals surface area contributed by atoms with Crippen molar-refractivity contribution in [3.8, 4) is 0 Å². The lowest BCUT2D eigenvalue weighted by Gasteiger charge is -2.18. The number of rotatable bonds is 3. The van der Waals surface area contributed by atoms with Crippen molar-refractivity contribution in [2.75, 3.05) is 11.4 Å². The number of carbonyl (C=O) groups excluding carboxylic acids is 2. The summed E-state index contributed by atoms with van der Waals surface area (Å²) in [7, 11) is 0. The van der Waals surface area contributed by atoms with Gasteiger partial charge in [-0.3, -0.25) is 4.79 Å². The molecule has 0 spiro atoms. The highest BCUT2D eigenvalue weighted by atomic mass is 16.2.